The van der Waals surface area contributed by atoms with E-state index in [1.807, 2.05) is 18.2 Å². The zero-order valence-electron chi connectivity index (χ0n) is 21.4. The van der Waals surface area contributed by atoms with Gasteiger partial charge in [0.1, 0.15) is 18.2 Å². The molecule has 12 heteroatoms. The Kier molecular flexibility index (Phi) is 8.67. The smallest absolute Gasteiger partial charge is 0.416 e. The summed E-state index contributed by atoms with van der Waals surface area (Å²) in [6.07, 6.45) is 0.370. The SMILES string of the molecule is COCn1nccc/c1=N\Sc1ccc(Oc2ccc(-c3ccc(C(F)(F)F)cc3)cc2-c2ccnnc2)c(Cl)c1. The van der Waals surface area contributed by atoms with Crippen LogP contribution in [0.25, 0.3) is 22.3 Å². The molecule has 0 radical (unpaired) electrons. The Morgan fingerprint density at radius 2 is 1.66 bits per heavy atom. The molecular weight excluding hydrogens is 575 g/mol. The van der Waals surface area contributed by atoms with Gasteiger partial charge in [0.05, 0.1) is 23.0 Å². The Balaban J connectivity index is 1.43. The van der Waals surface area contributed by atoms with Gasteiger partial charge in [-0.1, -0.05) is 29.8 Å². The largest absolute Gasteiger partial charge is 0.455 e. The van der Waals surface area contributed by atoms with Crippen LogP contribution >= 0.6 is 23.5 Å². The second-order valence-corrected chi connectivity index (χ2v) is 9.84. The van der Waals surface area contributed by atoms with Gasteiger partial charge in [-0.3, -0.25) is 0 Å². The molecule has 41 heavy (non-hydrogen) atoms. The Hall–Kier alpha value is -4.19. The summed E-state index contributed by atoms with van der Waals surface area (Å²) in [5.41, 5.74) is 2.63. The number of rotatable bonds is 8. The van der Waals surface area contributed by atoms with Crippen LogP contribution in [-0.2, 0) is 17.6 Å². The normalized spacial score (nSPS) is 12.0. The average molecular weight is 596 g/mol. The van der Waals surface area contributed by atoms with Crippen LogP contribution in [0.5, 0.6) is 11.5 Å². The summed E-state index contributed by atoms with van der Waals surface area (Å²) < 4.78 is 56.6. The summed E-state index contributed by atoms with van der Waals surface area (Å²) in [4.78, 5) is 0.784. The maximum atomic E-state index is 13.0. The van der Waals surface area contributed by atoms with Gasteiger partial charge in [-0.15, -0.1) is 0 Å². The monoisotopic (exact) mass is 595 g/mol. The lowest BCUT2D eigenvalue weighted by Crippen LogP contribution is -2.23. The predicted octanol–water partition coefficient (Wildman–Crippen LogP) is 7.68. The average Bonchev–Trinajstić information content (AvgIpc) is 2.98. The van der Waals surface area contributed by atoms with Gasteiger partial charge in [-0.2, -0.15) is 32.9 Å². The molecule has 0 atom stereocenters. The second-order valence-electron chi connectivity index (χ2n) is 8.59. The van der Waals surface area contributed by atoms with E-state index in [2.05, 4.69) is 19.7 Å². The van der Waals surface area contributed by atoms with Gasteiger partial charge >= 0.3 is 6.18 Å². The minimum Gasteiger partial charge on any atom is -0.455 e. The van der Waals surface area contributed by atoms with Crippen molar-refractivity contribution in [3.63, 3.8) is 0 Å². The van der Waals surface area contributed by atoms with Crippen LogP contribution in [0.15, 0.2) is 107 Å². The molecule has 3 aromatic carbocycles. The zero-order chi connectivity index (χ0) is 28.8. The molecule has 0 spiro atoms. The van der Waals surface area contributed by atoms with E-state index in [1.165, 1.54) is 24.1 Å². The van der Waals surface area contributed by atoms with Gasteiger partial charge in [-0.25, -0.2) is 4.68 Å². The standard InChI is InChI=1S/C29H21ClF3N5O2S/c1-39-18-38-28(3-2-13-36-38)37-41-23-9-11-27(25(30)16-23)40-26-10-6-20(15-24(26)21-12-14-34-35-17-21)19-4-7-22(8-5-19)29(31,32)33/h2-17H,18H2,1H3/b37-28+. The van der Waals surface area contributed by atoms with Crippen molar-refractivity contribution in [3.05, 3.63) is 114 Å². The molecule has 0 saturated heterocycles. The van der Waals surface area contributed by atoms with Crippen LogP contribution in [0.1, 0.15) is 5.56 Å². The van der Waals surface area contributed by atoms with Gasteiger partial charge in [0, 0.05) is 41.3 Å². The van der Waals surface area contributed by atoms with Crippen LogP contribution in [0.3, 0.4) is 0 Å². The third-order valence-electron chi connectivity index (χ3n) is 5.84. The number of methoxy groups -OCH3 is 1. The van der Waals surface area contributed by atoms with Gasteiger partial charge in [0.25, 0.3) is 0 Å². The first-order valence-corrected chi connectivity index (χ1v) is 13.3. The van der Waals surface area contributed by atoms with E-state index in [-0.39, 0.29) is 6.73 Å². The summed E-state index contributed by atoms with van der Waals surface area (Å²) >= 11 is 7.82. The van der Waals surface area contributed by atoms with Gasteiger partial charge in [0.15, 0.2) is 5.49 Å². The second kappa shape index (κ2) is 12.5. The molecule has 7 nitrogen and oxygen atoms in total. The Morgan fingerprint density at radius 3 is 2.37 bits per heavy atom. The van der Waals surface area contributed by atoms with Crippen molar-refractivity contribution in [2.75, 3.05) is 7.11 Å². The van der Waals surface area contributed by atoms with E-state index >= 15 is 0 Å². The fourth-order valence-corrected chi connectivity index (χ4v) is 4.79. The molecule has 0 bridgehead atoms. The fourth-order valence-electron chi connectivity index (χ4n) is 3.86. The first-order chi connectivity index (χ1) is 19.8. The minimum absolute atomic E-state index is 0.265. The van der Waals surface area contributed by atoms with Crippen LogP contribution in [0, 0.1) is 0 Å². The Labute approximate surface area is 242 Å². The molecule has 2 heterocycles. The van der Waals surface area contributed by atoms with E-state index in [4.69, 9.17) is 21.1 Å². The van der Waals surface area contributed by atoms with E-state index in [0.717, 1.165) is 17.0 Å². The quantitative estimate of drug-likeness (QED) is 0.171. The van der Waals surface area contributed by atoms with Crippen LogP contribution < -0.4 is 10.2 Å². The molecule has 0 aliphatic carbocycles. The van der Waals surface area contributed by atoms with E-state index in [1.54, 1.807) is 66.8 Å². The van der Waals surface area contributed by atoms with Gasteiger partial charge in [0.2, 0.25) is 0 Å². The van der Waals surface area contributed by atoms with Crippen molar-refractivity contribution in [2.45, 2.75) is 17.8 Å². The highest BCUT2D eigenvalue weighted by atomic mass is 35.5. The maximum absolute atomic E-state index is 13.0. The number of benzene rings is 3. The van der Waals surface area contributed by atoms with Crippen LogP contribution in [-0.4, -0.2) is 27.1 Å². The molecule has 0 unspecified atom stereocenters. The molecule has 0 fully saturated rings. The number of hydrogen-bond donors (Lipinski definition) is 0. The number of alkyl halides is 3. The third kappa shape index (κ3) is 6.94. The Morgan fingerprint density at radius 1 is 0.878 bits per heavy atom. The predicted molar refractivity (Wildman–Crippen MR) is 150 cm³/mol. The van der Waals surface area contributed by atoms with Gasteiger partial charge < -0.3 is 9.47 Å². The highest BCUT2D eigenvalue weighted by Crippen LogP contribution is 2.40. The number of hydrogen-bond acceptors (Lipinski definition) is 7. The molecule has 0 aliphatic rings. The summed E-state index contributed by atoms with van der Waals surface area (Å²) in [5.74, 6) is 0.897. The Bertz CT molecular complexity index is 1720. The molecular formula is C29H21ClF3N5O2S. The number of nitrogens with zero attached hydrogens (tertiary/aromatic N) is 5. The van der Waals surface area contributed by atoms with E-state index < -0.39 is 11.7 Å². The fraction of sp³-hybridized carbons (Fsp3) is 0.103. The van der Waals surface area contributed by atoms with Crippen molar-refractivity contribution < 1.29 is 22.6 Å². The molecule has 5 rings (SSSR count). The summed E-state index contributed by atoms with van der Waals surface area (Å²) in [5, 5.41) is 12.4. The van der Waals surface area contributed by atoms with Crippen molar-refractivity contribution in [2.24, 2.45) is 4.40 Å². The molecule has 0 N–H and O–H groups in total. The molecule has 0 aliphatic heterocycles. The molecule has 5 aromatic rings. The molecule has 2 aromatic heterocycles. The summed E-state index contributed by atoms with van der Waals surface area (Å²) in [6.45, 7) is 0.265. The first-order valence-electron chi connectivity index (χ1n) is 12.1. The summed E-state index contributed by atoms with van der Waals surface area (Å²) in [6, 6.07) is 21.0. The van der Waals surface area contributed by atoms with Crippen molar-refractivity contribution in [1.29, 1.82) is 0 Å². The van der Waals surface area contributed by atoms with E-state index in [9.17, 15) is 13.2 Å². The topological polar surface area (TPSA) is 74.4 Å². The van der Waals surface area contributed by atoms with Crippen molar-refractivity contribution in [1.82, 2.24) is 20.0 Å². The highest BCUT2D eigenvalue weighted by Gasteiger charge is 2.30. The number of halogens is 4. The molecule has 0 amide bonds. The maximum Gasteiger partial charge on any atom is 0.416 e. The van der Waals surface area contributed by atoms with Crippen LogP contribution in [0.2, 0.25) is 5.02 Å². The van der Waals surface area contributed by atoms with Crippen molar-refractivity contribution in [3.8, 4) is 33.8 Å². The summed E-state index contributed by atoms with van der Waals surface area (Å²) in [7, 11) is 1.58. The lowest BCUT2D eigenvalue weighted by Gasteiger charge is -2.15. The lowest BCUT2D eigenvalue weighted by atomic mass is 9.98. The first kappa shape index (κ1) is 28.3. The molecule has 0 saturated carbocycles. The third-order valence-corrected chi connectivity index (χ3v) is 6.88. The zero-order valence-corrected chi connectivity index (χ0v) is 23.0. The number of ether oxygens (including phenoxy) is 2. The molecule has 208 valence electrons. The van der Waals surface area contributed by atoms with E-state index in [0.29, 0.717) is 44.3 Å². The van der Waals surface area contributed by atoms with Crippen LogP contribution in [0.4, 0.5) is 13.2 Å². The number of aromatic nitrogens is 4. The lowest BCUT2D eigenvalue weighted by molar-refractivity contribution is -0.137. The highest BCUT2D eigenvalue weighted by molar-refractivity contribution is 7.98. The van der Waals surface area contributed by atoms with Gasteiger partial charge in [-0.05, 0) is 71.8 Å². The van der Waals surface area contributed by atoms with Crippen molar-refractivity contribution >= 4 is 23.5 Å². The minimum atomic E-state index is -4.41.